The fraction of sp³-hybridized carbons (Fsp3) is 0.0769. The summed E-state index contributed by atoms with van der Waals surface area (Å²) in [5.74, 6) is -0.590. The lowest BCUT2D eigenvalue weighted by molar-refractivity contribution is 0.111. The monoisotopic (exact) mass is 215 g/mol. The highest BCUT2D eigenvalue weighted by atomic mass is 19.1. The van der Waals surface area contributed by atoms with E-state index >= 15 is 0 Å². The summed E-state index contributed by atoms with van der Waals surface area (Å²) < 4.78 is 13.1. The van der Waals surface area contributed by atoms with Gasteiger partial charge in [0.25, 0.3) is 0 Å². The van der Waals surface area contributed by atoms with Gasteiger partial charge in [0, 0.05) is 5.56 Å². The van der Waals surface area contributed by atoms with E-state index in [-0.39, 0.29) is 5.56 Å². The van der Waals surface area contributed by atoms with Crippen molar-refractivity contribution in [2.24, 2.45) is 0 Å². The van der Waals surface area contributed by atoms with Crippen LogP contribution in [0.25, 0.3) is 11.3 Å². The molecule has 0 radical (unpaired) electrons. The zero-order valence-corrected chi connectivity index (χ0v) is 8.77. The van der Waals surface area contributed by atoms with Crippen LogP contribution >= 0.6 is 0 Å². The van der Waals surface area contributed by atoms with Crippen LogP contribution in [0.5, 0.6) is 0 Å². The number of hydrogen-bond acceptors (Lipinski definition) is 2. The first kappa shape index (κ1) is 10.5. The molecule has 0 bridgehead atoms. The van der Waals surface area contributed by atoms with E-state index in [1.165, 1.54) is 6.07 Å². The van der Waals surface area contributed by atoms with E-state index in [1.54, 1.807) is 0 Å². The first-order chi connectivity index (χ1) is 7.72. The van der Waals surface area contributed by atoms with Gasteiger partial charge in [0.05, 0.1) is 17.5 Å². The summed E-state index contributed by atoms with van der Waals surface area (Å²) in [5.41, 5.74) is 2.60. The van der Waals surface area contributed by atoms with Crippen LogP contribution in [0.4, 0.5) is 4.39 Å². The molecule has 0 unspecified atom stereocenters. The van der Waals surface area contributed by atoms with Gasteiger partial charge in [-0.3, -0.25) is 9.78 Å². The number of hydrogen-bond donors (Lipinski definition) is 0. The molecule has 80 valence electrons. The molecule has 0 saturated heterocycles. The van der Waals surface area contributed by atoms with Crippen molar-refractivity contribution >= 4 is 6.29 Å². The summed E-state index contributed by atoms with van der Waals surface area (Å²) in [5, 5.41) is 0. The van der Waals surface area contributed by atoms with E-state index in [9.17, 15) is 9.18 Å². The van der Waals surface area contributed by atoms with Crippen molar-refractivity contribution in [2.75, 3.05) is 0 Å². The van der Waals surface area contributed by atoms with Crippen molar-refractivity contribution in [3.63, 3.8) is 0 Å². The third-order valence-corrected chi connectivity index (χ3v) is 2.43. The number of carbonyl (C=O) groups is 1. The molecule has 0 aliphatic heterocycles. The van der Waals surface area contributed by atoms with E-state index in [2.05, 4.69) is 4.98 Å². The van der Waals surface area contributed by atoms with Gasteiger partial charge in [0.1, 0.15) is 0 Å². The number of aldehydes is 1. The molecule has 0 N–H and O–H groups in total. The zero-order chi connectivity index (χ0) is 11.5. The minimum Gasteiger partial charge on any atom is -0.298 e. The molecule has 0 spiro atoms. The van der Waals surface area contributed by atoms with Gasteiger partial charge in [0.2, 0.25) is 0 Å². The summed E-state index contributed by atoms with van der Waals surface area (Å²) in [4.78, 5) is 14.6. The minimum atomic E-state index is -0.590. The Morgan fingerprint density at radius 2 is 2.06 bits per heavy atom. The van der Waals surface area contributed by atoms with E-state index in [1.807, 2.05) is 31.2 Å². The lowest BCUT2D eigenvalue weighted by atomic mass is 10.0. The molecule has 0 fully saturated rings. The lowest BCUT2D eigenvalue weighted by Crippen LogP contribution is -1.93. The highest BCUT2D eigenvalue weighted by Gasteiger charge is 2.07. The number of carbonyl (C=O) groups excluding carboxylic acids is 1. The van der Waals surface area contributed by atoms with Crippen molar-refractivity contribution < 1.29 is 9.18 Å². The Kier molecular flexibility index (Phi) is 2.77. The molecular formula is C13H10FNO. The molecule has 16 heavy (non-hydrogen) atoms. The van der Waals surface area contributed by atoms with Crippen molar-refractivity contribution in [3.8, 4) is 11.3 Å². The summed E-state index contributed by atoms with van der Waals surface area (Å²) in [7, 11) is 0. The molecular weight excluding hydrogens is 205 g/mol. The van der Waals surface area contributed by atoms with E-state index in [0.717, 1.165) is 17.3 Å². The van der Waals surface area contributed by atoms with Crippen molar-refractivity contribution in [2.45, 2.75) is 6.92 Å². The average molecular weight is 215 g/mol. The van der Waals surface area contributed by atoms with Crippen LogP contribution in [0.1, 0.15) is 15.9 Å². The second-order valence-corrected chi connectivity index (χ2v) is 3.52. The Hall–Kier alpha value is -2.03. The van der Waals surface area contributed by atoms with Crippen LogP contribution in [0, 0.1) is 12.7 Å². The molecule has 1 aromatic heterocycles. The molecule has 3 heteroatoms. The van der Waals surface area contributed by atoms with Crippen LogP contribution in [0.2, 0.25) is 0 Å². The lowest BCUT2D eigenvalue weighted by Gasteiger charge is -2.05. The van der Waals surface area contributed by atoms with Gasteiger partial charge in [-0.15, -0.1) is 0 Å². The predicted octanol–water partition coefficient (Wildman–Crippen LogP) is 3.01. The van der Waals surface area contributed by atoms with E-state index in [4.69, 9.17) is 0 Å². The Morgan fingerprint density at radius 3 is 2.75 bits per heavy atom. The molecule has 2 rings (SSSR count). The average Bonchev–Trinajstić information content (AvgIpc) is 2.31. The number of pyridine rings is 1. The molecule has 2 nitrogen and oxygen atoms in total. The third kappa shape index (κ3) is 1.84. The highest BCUT2D eigenvalue weighted by Crippen LogP contribution is 2.22. The summed E-state index contributed by atoms with van der Waals surface area (Å²) in [6.07, 6.45) is 1.57. The predicted molar refractivity (Wildman–Crippen MR) is 59.8 cm³/mol. The molecule has 0 saturated carbocycles. The first-order valence-corrected chi connectivity index (χ1v) is 4.89. The summed E-state index contributed by atoms with van der Waals surface area (Å²) >= 11 is 0. The normalized spacial score (nSPS) is 10.1. The number of aryl methyl sites for hydroxylation is 1. The van der Waals surface area contributed by atoms with Crippen molar-refractivity contribution in [1.29, 1.82) is 0 Å². The Balaban J connectivity index is 2.57. The second kappa shape index (κ2) is 4.23. The number of halogens is 1. The smallest absolute Gasteiger partial charge is 0.153 e. The van der Waals surface area contributed by atoms with Gasteiger partial charge in [-0.1, -0.05) is 24.3 Å². The second-order valence-electron chi connectivity index (χ2n) is 3.52. The SMILES string of the molecule is Cc1ccccc1-c1cc(C=O)c(F)cn1. The largest absolute Gasteiger partial charge is 0.298 e. The van der Waals surface area contributed by atoms with Gasteiger partial charge in [-0.05, 0) is 18.6 Å². The maximum Gasteiger partial charge on any atom is 0.153 e. The molecule has 2 aromatic rings. The van der Waals surface area contributed by atoms with Crippen LogP contribution in [0.3, 0.4) is 0 Å². The minimum absolute atomic E-state index is 0.0354. The summed E-state index contributed by atoms with van der Waals surface area (Å²) in [6.45, 7) is 1.95. The number of benzene rings is 1. The Bertz CT molecular complexity index is 537. The van der Waals surface area contributed by atoms with Crippen molar-refractivity contribution in [3.05, 3.63) is 53.5 Å². The maximum absolute atomic E-state index is 13.1. The standard InChI is InChI=1S/C13H10FNO/c1-9-4-2-3-5-11(9)13-6-10(8-16)12(14)7-15-13/h2-8H,1H3. The topological polar surface area (TPSA) is 30.0 Å². The van der Waals surface area contributed by atoms with Crippen LogP contribution in [0.15, 0.2) is 36.5 Å². The number of aromatic nitrogens is 1. The van der Waals surface area contributed by atoms with Crippen LogP contribution in [-0.2, 0) is 0 Å². The van der Waals surface area contributed by atoms with Gasteiger partial charge in [-0.25, -0.2) is 4.39 Å². The van der Waals surface area contributed by atoms with Gasteiger partial charge < -0.3 is 0 Å². The molecule has 1 heterocycles. The van der Waals surface area contributed by atoms with Gasteiger partial charge >= 0.3 is 0 Å². The Labute approximate surface area is 92.8 Å². The Morgan fingerprint density at radius 1 is 1.31 bits per heavy atom. The number of nitrogens with zero attached hydrogens (tertiary/aromatic N) is 1. The fourth-order valence-electron chi connectivity index (χ4n) is 1.55. The van der Waals surface area contributed by atoms with Gasteiger partial charge in [0.15, 0.2) is 12.1 Å². The fourth-order valence-corrected chi connectivity index (χ4v) is 1.55. The third-order valence-electron chi connectivity index (χ3n) is 2.43. The molecule has 0 atom stereocenters. The quantitative estimate of drug-likeness (QED) is 0.721. The highest BCUT2D eigenvalue weighted by molar-refractivity contribution is 5.78. The summed E-state index contributed by atoms with van der Waals surface area (Å²) in [6, 6.07) is 9.10. The van der Waals surface area contributed by atoms with Crippen molar-refractivity contribution in [1.82, 2.24) is 4.98 Å². The molecule has 0 amide bonds. The van der Waals surface area contributed by atoms with E-state index in [0.29, 0.717) is 12.0 Å². The van der Waals surface area contributed by atoms with Crippen LogP contribution < -0.4 is 0 Å². The van der Waals surface area contributed by atoms with Gasteiger partial charge in [-0.2, -0.15) is 0 Å². The zero-order valence-electron chi connectivity index (χ0n) is 8.77. The molecule has 1 aromatic carbocycles. The maximum atomic E-state index is 13.1. The first-order valence-electron chi connectivity index (χ1n) is 4.89. The van der Waals surface area contributed by atoms with E-state index < -0.39 is 5.82 Å². The molecule has 0 aliphatic rings. The van der Waals surface area contributed by atoms with Crippen LogP contribution in [-0.4, -0.2) is 11.3 Å². The number of rotatable bonds is 2. The molecule has 0 aliphatic carbocycles.